The van der Waals surface area contributed by atoms with E-state index in [1.807, 2.05) is 6.92 Å². The van der Waals surface area contributed by atoms with E-state index in [9.17, 15) is 18.0 Å². The van der Waals surface area contributed by atoms with Crippen LogP contribution in [0.2, 0.25) is 10.0 Å². The quantitative estimate of drug-likeness (QED) is 0.587. The van der Waals surface area contributed by atoms with E-state index in [0.717, 1.165) is 23.8 Å². The van der Waals surface area contributed by atoms with Crippen molar-refractivity contribution in [1.82, 2.24) is 0 Å². The highest BCUT2D eigenvalue weighted by molar-refractivity contribution is 6.33. The molecule has 8 heteroatoms. The highest BCUT2D eigenvalue weighted by Crippen LogP contribution is 2.33. The molecule has 0 aliphatic carbocycles. The van der Waals surface area contributed by atoms with Crippen molar-refractivity contribution in [2.45, 2.75) is 25.9 Å². The van der Waals surface area contributed by atoms with Gasteiger partial charge in [-0.3, -0.25) is 4.79 Å². The van der Waals surface area contributed by atoms with E-state index < -0.39 is 17.6 Å². The number of amides is 1. The van der Waals surface area contributed by atoms with Gasteiger partial charge in [-0.05, 0) is 55.3 Å². The third-order valence-electron chi connectivity index (χ3n) is 3.51. The van der Waals surface area contributed by atoms with Gasteiger partial charge >= 0.3 is 6.18 Å². The van der Waals surface area contributed by atoms with Gasteiger partial charge in [0.15, 0.2) is 0 Å². The summed E-state index contributed by atoms with van der Waals surface area (Å²) in [7, 11) is 0. The highest BCUT2D eigenvalue weighted by Gasteiger charge is 2.31. The Labute approximate surface area is 159 Å². The molecule has 3 nitrogen and oxygen atoms in total. The van der Waals surface area contributed by atoms with Gasteiger partial charge in [0.1, 0.15) is 5.75 Å². The van der Waals surface area contributed by atoms with Gasteiger partial charge in [0.25, 0.3) is 0 Å². The number of aryl methyl sites for hydroxylation is 1. The summed E-state index contributed by atoms with van der Waals surface area (Å²) in [6.45, 7) is 2.13. The number of halogens is 5. The number of nitrogens with one attached hydrogen (secondary N) is 1. The molecule has 140 valence electrons. The van der Waals surface area contributed by atoms with Crippen LogP contribution in [0.5, 0.6) is 5.75 Å². The van der Waals surface area contributed by atoms with Crippen molar-refractivity contribution < 1.29 is 22.7 Å². The first kappa shape index (κ1) is 20.4. The van der Waals surface area contributed by atoms with Crippen LogP contribution < -0.4 is 10.1 Å². The number of hydrogen-bond donors (Lipinski definition) is 1. The van der Waals surface area contributed by atoms with Gasteiger partial charge < -0.3 is 10.1 Å². The molecule has 0 aliphatic heterocycles. The minimum Gasteiger partial charge on any atom is -0.493 e. The lowest BCUT2D eigenvalue weighted by atomic mass is 10.2. The van der Waals surface area contributed by atoms with E-state index >= 15 is 0 Å². The lowest BCUT2D eigenvalue weighted by Crippen LogP contribution is -2.14. The minimum atomic E-state index is -4.51. The van der Waals surface area contributed by atoms with E-state index in [2.05, 4.69) is 5.32 Å². The zero-order chi connectivity index (χ0) is 19.3. The monoisotopic (exact) mass is 405 g/mol. The fraction of sp³-hybridized carbons (Fsp3) is 0.278. The lowest BCUT2D eigenvalue weighted by molar-refractivity contribution is -0.137. The van der Waals surface area contributed by atoms with Crippen LogP contribution >= 0.6 is 23.2 Å². The second-order valence-electron chi connectivity index (χ2n) is 5.60. The normalized spacial score (nSPS) is 11.3. The molecule has 0 aliphatic rings. The minimum absolute atomic E-state index is 0.0411. The second kappa shape index (κ2) is 8.64. The molecule has 0 spiro atoms. The van der Waals surface area contributed by atoms with Crippen molar-refractivity contribution in [3.05, 3.63) is 57.6 Å². The van der Waals surface area contributed by atoms with Gasteiger partial charge in [0.2, 0.25) is 5.91 Å². The van der Waals surface area contributed by atoms with E-state index in [1.165, 1.54) is 0 Å². The summed E-state index contributed by atoms with van der Waals surface area (Å²) in [5.74, 6) is 0.221. The first-order chi connectivity index (χ1) is 12.2. The van der Waals surface area contributed by atoms with Crippen LogP contribution in [-0.4, -0.2) is 12.5 Å². The van der Waals surface area contributed by atoms with Gasteiger partial charge in [-0.15, -0.1) is 0 Å². The summed E-state index contributed by atoms with van der Waals surface area (Å²) in [5.41, 5.74) is -0.0719. The van der Waals surface area contributed by atoms with Gasteiger partial charge in [0, 0.05) is 11.4 Å². The fourth-order valence-corrected chi connectivity index (χ4v) is 2.59. The molecular weight excluding hydrogens is 390 g/mol. The van der Waals surface area contributed by atoms with Gasteiger partial charge in [0.05, 0.1) is 22.9 Å². The first-order valence-electron chi connectivity index (χ1n) is 7.72. The van der Waals surface area contributed by atoms with E-state index in [4.69, 9.17) is 27.9 Å². The number of alkyl halides is 3. The molecule has 0 aromatic heterocycles. The Morgan fingerprint density at radius 2 is 1.88 bits per heavy atom. The Morgan fingerprint density at radius 3 is 2.54 bits per heavy atom. The molecule has 2 aromatic carbocycles. The third-order valence-corrected chi connectivity index (χ3v) is 4.08. The van der Waals surface area contributed by atoms with E-state index in [0.29, 0.717) is 17.2 Å². The van der Waals surface area contributed by atoms with Crippen molar-refractivity contribution in [2.75, 3.05) is 11.9 Å². The standard InChI is InChI=1S/C18H16Cl2F3NO2/c1-11-9-13(19)5-7-16(11)26-8-2-3-17(25)24-15-10-12(18(21,22)23)4-6-14(15)20/h4-7,9-10H,2-3,8H2,1H3,(H,24,25). The van der Waals surface area contributed by atoms with Crippen LogP contribution in [-0.2, 0) is 11.0 Å². The maximum Gasteiger partial charge on any atom is 0.416 e. The van der Waals surface area contributed by atoms with Crippen molar-refractivity contribution in [3.63, 3.8) is 0 Å². The van der Waals surface area contributed by atoms with E-state index in [1.54, 1.807) is 18.2 Å². The lowest BCUT2D eigenvalue weighted by Gasteiger charge is -2.12. The molecule has 2 aromatic rings. The molecule has 1 N–H and O–H groups in total. The molecule has 0 heterocycles. The van der Waals surface area contributed by atoms with Crippen molar-refractivity contribution in [2.24, 2.45) is 0 Å². The maximum atomic E-state index is 12.7. The summed E-state index contributed by atoms with van der Waals surface area (Å²) in [6.07, 6.45) is -4.03. The molecule has 0 atom stereocenters. The van der Waals surface area contributed by atoms with Crippen LogP contribution in [0.25, 0.3) is 0 Å². The predicted molar refractivity (Wildman–Crippen MR) is 96.0 cm³/mol. The number of carbonyl (C=O) groups is 1. The molecule has 0 fully saturated rings. The predicted octanol–water partition coefficient (Wildman–Crippen LogP) is 6.12. The number of benzene rings is 2. The zero-order valence-electron chi connectivity index (χ0n) is 13.8. The van der Waals surface area contributed by atoms with Gasteiger partial charge in [-0.1, -0.05) is 23.2 Å². The first-order valence-corrected chi connectivity index (χ1v) is 8.48. The molecule has 0 bridgehead atoms. The number of carbonyl (C=O) groups excluding carboxylic acids is 1. The molecule has 0 unspecified atom stereocenters. The average molecular weight is 406 g/mol. The summed E-state index contributed by atoms with van der Waals surface area (Å²) >= 11 is 11.7. The largest absolute Gasteiger partial charge is 0.493 e. The van der Waals surface area contributed by atoms with Crippen molar-refractivity contribution in [1.29, 1.82) is 0 Å². The second-order valence-corrected chi connectivity index (χ2v) is 6.45. The van der Waals surface area contributed by atoms with E-state index in [-0.39, 0.29) is 23.7 Å². The fourth-order valence-electron chi connectivity index (χ4n) is 2.20. The third kappa shape index (κ3) is 5.81. The molecule has 0 radical (unpaired) electrons. The molecule has 26 heavy (non-hydrogen) atoms. The summed E-state index contributed by atoms with van der Waals surface area (Å²) in [6, 6.07) is 7.98. The molecule has 0 saturated heterocycles. The zero-order valence-corrected chi connectivity index (χ0v) is 15.3. The maximum absolute atomic E-state index is 12.7. The number of anilines is 1. The Morgan fingerprint density at radius 1 is 1.15 bits per heavy atom. The van der Waals surface area contributed by atoms with Crippen LogP contribution in [0.1, 0.15) is 24.0 Å². The Bertz CT molecular complexity index is 794. The van der Waals surface area contributed by atoms with Crippen LogP contribution in [0.3, 0.4) is 0 Å². The SMILES string of the molecule is Cc1cc(Cl)ccc1OCCCC(=O)Nc1cc(C(F)(F)F)ccc1Cl. The topological polar surface area (TPSA) is 38.3 Å². The van der Waals surface area contributed by atoms with Crippen molar-refractivity contribution in [3.8, 4) is 5.75 Å². The summed E-state index contributed by atoms with van der Waals surface area (Å²) in [5, 5.41) is 3.04. The average Bonchev–Trinajstić information content (AvgIpc) is 2.54. The summed E-state index contributed by atoms with van der Waals surface area (Å²) < 4.78 is 43.7. The van der Waals surface area contributed by atoms with Crippen LogP contribution in [0, 0.1) is 6.92 Å². The van der Waals surface area contributed by atoms with Gasteiger partial charge in [-0.2, -0.15) is 13.2 Å². The Kier molecular flexibility index (Phi) is 6.78. The van der Waals surface area contributed by atoms with Crippen molar-refractivity contribution >= 4 is 34.8 Å². The van der Waals surface area contributed by atoms with Crippen LogP contribution in [0.15, 0.2) is 36.4 Å². The van der Waals surface area contributed by atoms with Crippen LogP contribution in [0.4, 0.5) is 18.9 Å². The molecular formula is C18H16Cl2F3NO2. The Hall–Kier alpha value is -1.92. The number of rotatable bonds is 6. The number of ether oxygens (including phenoxy) is 1. The number of hydrogen-bond acceptors (Lipinski definition) is 2. The van der Waals surface area contributed by atoms with Gasteiger partial charge in [-0.25, -0.2) is 0 Å². The summed E-state index contributed by atoms with van der Waals surface area (Å²) in [4.78, 5) is 11.9. The molecule has 0 saturated carbocycles. The smallest absolute Gasteiger partial charge is 0.416 e. The molecule has 2 rings (SSSR count). The molecule has 1 amide bonds. The highest BCUT2D eigenvalue weighted by atomic mass is 35.5. The Balaban J connectivity index is 1.85.